The zero-order valence-corrected chi connectivity index (χ0v) is 14.7. The van der Waals surface area contributed by atoms with Gasteiger partial charge in [0.05, 0.1) is 13.1 Å². The second kappa shape index (κ2) is 8.53. The molecule has 2 rings (SSSR count). The summed E-state index contributed by atoms with van der Waals surface area (Å²) < 4.78 is 5.56. The number of likely N-dealkylation sites (tertiary alicyclic amines) is 1. The van der Waals surface area contributed by atoms with Crippen molar-refractivity contribution >= 4 is 5.78 Å². The molecule has 1 saturated heterocycles. The molecule has 7 unspecified atom stereocenters. The van der Waals surface area contributed by atoms with Crippen LogP contribution in [0.1, 0.15) is 46.5 Å². The van der Waals surface area contributed by atoms with Crippen LogP contribution in [0.5, 0.6) is 0 Å². The smallest absolute Gasteiger partial charge is 0.190 e. The van der Waals surface area contributed by atoms with Crippen molar-refractivity contribution in [3.05, 3.63) is 5.21 Å². The van der Waals surface area contributed by atoms with E-state index in [4.69, 9.17) is 4.74 Å². The fraction of sp³-hybridized carbons (Fsp3) is 0.941. The Morgan fingerprint density at radius 2 is 2.04 bits per heavy atom. The van der Waals surface area contributed by atoms with E-state index >= 15 is 0 Å². The number of ketones is 1. The van der Waals surface area contributed by atoms with Crippen LogP contribution in [0, 0.1) is 23.0 Å². The molecule has 1 saturated carbocycles. The van der Waals surface area contributed by atoms with Gasteiger partial charge in [0.25, 0.3) is 0 Å². The van der Waals surface area contributed by atoms with Gasteiger partial charge < -0.3 is 14.8 Å². The van der Waals surface area contributed by atoms with Gasteiger partial charge in [0.15, 0.2) is 5.78 Å². The summed E-state index contributed by atoms with van der Waals surface area (Å²) in [4.78, 5) is 14.0. The van der Waals surface area contributed by atoms with Gasteiger partial charge in [-0.25, -0.2) is 10.4 Å². The van der Waals surface area contributed by atoms with Crippen LogP contribution in [0.25, 0.3) is 0 Å². The monoisotopic (exact) mass is 329 g/mol. The van der Waals surface area contributed by atoms with Gasteiger partial charge >= 0.3 is 0 Å². The van der Waals surface area contributed by atoms with Crippen LogP contribution in [-0.2, 0) is 9.53 Å². The van der Waals surface area contributed by atoms with Crippen LogP contribution >= 0.6 is 0 Å². The molecule has 6 nitrogen and oxygen atoms in total. The summed E-state index contributed by atoms with van der Waals surface area (Å²) in [6.07, 6.45) is 2.84. The molecular formula is C17H33N2O4+. The van der Waals surface area contributed by atoms with Crippen LogP contribution in [0.15, 0.2) is 0 Å². The van der Waals surface area contributed by atoms with Gasteiger partial charge in [0.2, 0.25) is 0 Å². The summed E-state index contributed by atoms with van der Waals surface area (Å²) in [5, 5.41) is 20.1. The maximum Gasteiger partial charge on any atom is 0.190 e. The van der Waals surface area contributed by atoms with E-state index in [0.29, 0.717) is 31.9 Å². The Morgan fingerprint density at radius 3 is 2.65 bits per heavy atom. The predicted octanol–water partition coefficient (Wildman–Crippen LogP) is -0.538. The van der Waals surface area contributed by atoms with Crippen LogP contribution in [0.4, 0.5) is 0 Å². The van der Waals surface area contributed by atoms with Gasteiger partial charge in [0, 0.05) is 24.9 Å². The number of hydroxylamine groups is 2. The Balaban J connectivity index is 1.87. The van der Waals surface area contributed by atoms with Crippen molar-refractivity contribution in [1.82, 2.24) is 0 Å². The number of hydrogen-bond acceptors (Lipinski definition) is 4. The van der Waals surface area contributed by atoms with E-state index in [1.807, 2.05) is 6.92 Å². The van der Waals surface area contributed by atoms with Gasteiger partial charge in [-0.05, 0) is 32.1 Å². The Kier molecular flexibility index (Phi) is 6.98. The van der Waals surface area contributed by atoms with Gasteiger partial charge in [0.1, 0.15) is 18.7 Å². The highest BCUT2D eigenvalue weighted by atomic mass is 16.8. The van der Waals surface area contributed by atoms with Crippen molar-refractivity contribution in [3.63, 3.8) is 0 Å². The van der Waals surface area contributed by atoms with Crippen molar-refractivity contribution in [1.29, 1.82) is 0 Å². The Morgan fingerprint density at radius 1 is 1.30 bits per heavy atom. The zero-order chi connectivity index (χ0) is 17.0. The minimum Gasteiger partial charge on any atom is -0.600 e. The summed E-state index contributed by atoms with van der Waals surface area (Å²) >= 11 is 0. The van der Waals surface area contributed by atoms with Crippen molar-refractivity contribution < 1.29 is 24.9 Å². The van der Waals surface area contributed by atoms with Crippen molar-refractivity contribution in [2.45, 2.75) is 58.6 Å². The Bertz CT molecular complexity index is 391. The minimum absolute atomic E-state index is 0.102. The lowest BCUT2D eigenvalue weighted by molar-refractivity contribution is -1.07. The molecule has 1 heterocycles. The van der Waals surface area contributed by atoms with Crippen molar-refractivity contribution in [2.24, 2.45) is 17.8 Å². The molecule has 6 heteroatoms. The Labute approximate surface area is 139 Å². The number of ether oxygens (including phenoxy) is 1. The molecule has 0 radical (unpaired) electrons. The molecule has 1 aliphatic carbocycles. The first kappa shape index (κ1) is 18.8. The summed E-state index contributed by atoms with van der Waals surface area (Å²) in [7, 11) is 0. The molecule has 23 heavy (non-hydrogen) atoms. The largest absolute Gasteiger partial charge is 0.600 e. The number of rotatable bonds is 6. The van der Waals surface area contributed by atoms with Crippen LogP contribution in [0.3, 0.4) is 0 Å². The molecule has 0 bridgehead atoms. The predicted molar refractivity (Wildman–Crippen MR) is 86.2 cm³/mol. The van der Waals surface area contributed by atoms with E-state index in [1.165, 1.54) is 11.3 Å². The summed E-state index contributed by atoms with van der Waals surface area (Å²) in [6, 6.07) is -0.534. The van der Waals surface area contributed by atoms with Gasteiger partial charge in [-0.3, -0.25) is 4.79 Å². The van der Waals surface area contributed by atoms with Crippen molar-refractivity contribution in [3.8, 4) is 0 Å². The molecule has 2 aliphatic rings. The maximum atomic E-state index is 12.6. The number of carbonyl (C=O) groups is 1. The van der Waals surface area contributed by atoms with E-state index < -0.39 is 11.3 Å². The average Bonchev–Trinajstić information content (AvgIpc) is 2.51. The second-order valence-electron chi connectivity index (χ2n) is 7.54. The van der Waals surface area contributed by atoms with E-state index in [0.717, 1.165) is 25.4 Å². The lowest BCUT2D eigenvalue weighted by Gasteiger charge is -2.38. The third kappa shape index (κ3) is 4.97. The highest BCUT2D eigenvalue weighted by molar-refractivity contribution is 5.82. The van der Waals surface area contributed by atoms with Gasteiger partial charge in [-0.2, -0.15) is 0 Å². The molecule has 1 aliphatic heterocycles. The number of quaternary nitrogens is 2. The normalized spacial score (nSPS) is 39.9. The molecular weight excluding hydrogens is 296 g/mol. The number of piperidine rings is 1. The first-order valence-corrected chi connectivity index (χ1v) is 9.13. The number of hydrogen-bond donors (Lipinski definition) is 3. The second-order valence-corrected chi connectivity index (χ2v) is 7.54. The number of carbonyl (C=O) groups excluding carboxylic acids is 1. The molecule has 0 aromatic heterocycles. The van der Waals surface area contributed by atoms with E-state index in [2.05, 4.69) is 13.8 Å². The SMILES string of the molecule is CCOC1CCC(C(=O)C[NH+]2CCC(C)C(C)C2)CC1[NH+]([O-])O. The van der Waals surface area contributed by atoms with Crippen molar-refractivity contribution in [2.75, 3.05) is 26.2 Å². The third-order valence-corrected chi connectivity index (χ3v) is 5.90. The Hall–Kier alpha value is -0.530. The average molecular weight is 329 g/mol. The highest BCUT2D eigenvalue weighted by Crippen LogP contribution is 2.26. The number of Topliss-reactive ketones (excluding diaryl/α,β-unsaturated/α-hetero) is 1. The van der Waals surface area contributed by atoms with E-state index in [1.54, 1.807) is 0 Å². The molecule has 0 aromatic carbocycles. The van der Waals surface area contributed by atoms with E-state index in [9.17, 15) is 15.2 Å². The molecule has 2 fully saturated rings. The lowest BCUT2D eigenvalue weighted by Crippen LogP contribution is -3.15. The van der Waals surface area contributed by atoms with Gasteiger partial charge in [-0.15, -0.1) is 0 Å². The standard InChI is InChI=1S/C17H32N2O4/c1-4-23-17-6-5-14(9-15(17)19(21)22)16(20)11-18-8-7-12(2)13(3)10-18/h12-15,17,19,21H,4-11H2,1-3H3/p+1. The molecule has 0 spiro atoms. The first-order chi connectivity index (χ1) is 10.9. The maximum absolute atomic E-state index is 12.6. The van der Waals surface area contributed by atoms with E-state index in [-0.39, 0.29) is 17.8 Å². The summed E-state index contributed by atoms with van der Waals surface area (Å²) in [5.74, 6) is 1.55. The molecule has 3 N–H and O–H groups in total. The number of nitrogens with one attached hydrogen (secondary N) is 2. The first-order valence-electron chi connectivity index (χ1n) is 9.13. The molecule has 0 amide bonds. The van der Waals surface area contributed by atoms with Gasteiger partial charge in [-0.1, -0.05) is 13.8 Å². The third-order valence-electron chi connectivity index (χ3n) is 5.90. The molecule has 0 aromatic rings. The highest BCUT2D eigenvalue weighted by Gasteiger charge is 2.39. The summed E-state index contributed by atoms with van der Waals surface area (Å²) in [5.41, 5.74) is 0. The quantitative estimate of drug-likeness (QED) is 0.572. The lowest BCUT2D eigenvalue weighted by atomic mass is 9.81. The fourth-order valence-electron chi connectivity index (χ4n) is 4.13. The zero-order valence-electron chi connectivity index (χ0n) is 14.7. The minimum atomic E-state index is -0.825. The summed E-state index contributed by atoms with van der Waals surface area (Å²) in [6.45, 7) is 9.65. The van der Waals surface area contributed by atoms with Crippen LogP contribution in [-0.4, -0.2) is 49.4 Å². The topological polar surface area (TPSA) is 78.5 Å². The molecule has 134 valence electrons. The van der Waals surface area contributed by atoms with Crippen LogP contribution in [0.2, 0.25) is 0 Å². The fourth-order valence-corrected chi connectivity index (χ4v) is 4.13. The molecule has 7 atom stereocenters. The van der Waals surface area contributed by atoms with Crippen LogP contribution < -0.4 is 10.1 Å².